The average molecular weight is 666 g/mol. The fraction of sp³-hybridized carbons (Fsp3) is 0.529. The summed E-state index contributed by atoms with van der Waals surface area (Å²) in [5.74, 6) is 0.846. The number of alkyl halides is 3. The van der Waals surface area contributed by atoms with Gasteiger partial charge in [0.2, 0.25) is 5.91 Å². The van der Waals surface area contributed by atoms with E-state index in [1.807, 2.05) is 6.07 Å². The number of thiophene rings is 1. The summed E-state index contributed by atoms with van der Waals surface area (Å²) < 4.78 is 46.0. The molecule has 4 aliphatic rings. The third-order valence-corrected chi connectivity index (χ3v) is 11.9. The molecule has 1 aromatic carbocycles. The van der Waals surface area contributed by atoms with E-state index < -0.39 is 12.6 Å². The number of nitrogens with zero attached hydrogens (tertiary/aromatic N) is 5. The van der Waals surface area contributed by atoms with Gasteiger partial charge >= 0.3 is 6.18 Å². The molecule has 0 radical (unpaired) electrons. The molecule has 3 saturated carbocycles. The number of rotatable bonds is 10. The summed E-state index contributed by atoms with van der Waals surface area (Å²) in [7, 11) is 1.52. The number of amides is 1. The quantitative estimate of drug-likeness (QED) is 0.216. The number of nitriles is 1. The second-order valence-electron chi connectivity index (χ2n) is 13.7. The summed E-state index contributed by atoms with van der Waals surface area (Å²) in [5, 5.41) is 18.5. The number of carbonyl (C=O) groups excluding carboxylic acids is 1. The highest BCUT2D eigenvalue weighted by molar-refractivity contribution is 7.18. The maximum atomic E-state index is 12.9. The number of nitrogens with one attached hydrogen (secondary N) is 2. The highest BCUT2D eigenvalue weighted by Crippen LogP contribution is 2.72. The number of aromatic nitrogens is 3. The van der Waals surface area contributed by atoms with Gasteiger partial charge in [-0.2, -0.15) is 18.4 Å². The van der Waals surface area contributed by atoms with Crippen LogP contribution < -0.4 is 10.6 Å². The maximum absolute atomic E-state index is 12.9. The van der Waals surface area contributed by atoms with Crippen molar-refractivity contribution in [3.63, 3.8) is 0 Å². The minimum Gasteiger partial charge on any atom is -0.375 e. The molecule has 248 valence electrons. The van der Waals surface area contributed by atoms with E-state index in [2.05, 4.69) is 62.1 Å². The van der Waals surface area contributed by atoms with Crippen molar-refractivity contribution >= 4 is 44.2 Å². The highest BCUT2D eigenvalue weighted by atomic mass is 32.1. The van der Waals surface area contributed by atoms with E-state index in [1.54, 1.807) is 6.07 Å². The van der Waals surface area contributed by atoms with Crippen LogP contribution in [0, 0.1) is 29.6 Å². The molecule has 8 rings (SSSR count). The number of aryl methyl sites for hydroxylation is 1. The molecule has 47 heavy (non-hydrogen) atoms. The fourth-order valence-corrected chi connectivity index (χ4v) is 9.30. The molecule has 1 amide bonds. The summed E-state index contributed by atoms with van der Waals surface area (Å²) in [4.78, 5) is 23.9. The number of piperidine rings is 1. The number of carbonyl (C=O) groups is 1. The van der Waals surface area contributed by atoms with Gasteiger partial charge in [0.15, 0.2) is 0 Å². The van der Waals surface area contributed by atoms with Gasteiger partial charge in [-0.3, -0.25) is 9.69 Å². The van der Waals surface area contributed by atoms with Gasteiger partial charge in [0, 0.05) is 60.6 Å². The zero-order valence-corrected chi connectivity index (χ0v) is 27.5. The third-order valence-electron chi connectivity index (χ3n) is 10.9. The number of halogens is 3. The molecule has 13 heteroatoms. The van der Waals surface area contributed by atoms with Crippen molar-refractivity contribution in [2.75, 3.05) is 32.1 Å². The lowest BCUT2D eigenvalue weighted by molar-refractivity contribution is -0.229. The Bertz CT molecular complexity index is 1880. The van der Waals surface area contributed by atoms with Crippen molar-refractivity contribution in [2.45, 2.75) is 76.8 Å². The van der Waals surface area contributed by atoms with Crippen LogP contribution in [0.2, 0.25) is 0 Å². The number of anilines is 1. The van der Waals surface area contributed by atoms with Gasteiger partial charge in [-0.05, 0) is 73.3 Å². The van der Waals surface area contributed by atoms with E-state index in [0.29, 0.717) is 27.6 Å². The number of hydrogen-bond donors (Lipinski definition) is 2. The predicted molar refractivity (Wildman–Crippen MR) is 174 cm³/mol. The standard InChI is InChI=1S/C34H38F3N7O2S/c1-20-22(14-43-8-6-23(7-9-43)41-30-27-11-25(12-34(35,36)37)47-31(27)40-19-39-30)4-5-28-26(20)10-24(13-38)44(28)18-32-16-33(17-32,21(32)2)42-29(45)15-46-3/h4-5,10-11,19,21,23H,6-9,12,14-18H2,1-3H3,(H,42,45)(H,39,40,41)/t21-,32?,33?/m0/s1. The Morgan fingerprint density at radius 3 is 2.64 bits per heavy atom. The lowest BCUT2D eigenvalue weighted by Gasteiger charge is -2.76. The Hall–Kier alpha value is -3.73. The largest absolute Gasteiger partial charge is 0.393 e. The molecule has 1 saturated heterocycles. The SMILES string of the molecule is COCC(=O)NC12CC(Cn3c(C#N)cc4c(C)c(CN5CCC(Nc6ncnc7sc(CC(F)(F)F)cc67)CC5)ccc43)(C1)[C@@H]2C. The van der Waals surface area contributed by atoms with E-state index in [4.69, 9.17) is 4.74 Å². The zero-order valence-electron chi connectivity index (χ0n) is 26.7. The molecule has 9 nitrogen and oxygen atoms in total. The molecule has 2 bridgehead atoms. The third kappa shape index (κ3) is 5.74. The Labute approximate surface area is 275 Å². The van der Waals surface area contributed by atoms with Gasteiger partial charge in [0.25, 0.3) is 0 Å². The Kier molecular flexibility index (Phi) is 7.96. The van der Waals surface area contributed by atoms with Gasteiger partial charge in [-0.25, -0.2) is 9.97 Å². The molecule has 4 heterocycles. The van der Waals surface area contributed by atoms with Crippen molar-refractivity contribution < 1.29 is 22.7 Å². The Balaban J connectivity index is 0.992. The molecule has 2 N–H and O–H groups in total. The molecular formula is C34H38F3N7O2S. The smallest absolute Gasteiger partial charge is 0.375 e. The van der Waals surface area contributed by atoms with Crippen LogP contribution in [-0.2, 0) is 29.0 Å². The van der Waals surface area contributed by atoms with E-state index in [-0.39, 0.29) is 34.4 Å². The van der Waals surface area contributed by atoms with Crippen LogP contribution in [0.25, 0.3) is 21.1 Å². The molecule has 1 aliphatic heterocycles. The van der Waals surface area contributed by atoms with Crippen molar-refractivity contribution in [1.29, 1.82) is 5.26 Å². The van der Waals surface area contributed by atoms with Gasteiger partial charge < -0.3 is 19.9 Å². The second kappa shape index (κ2) is 11.8. The molecule has 0 unspecified atom stereocenters. The minimum atomic E-state index is -4.26. The first-order valence-electron chi connectivity index (χ1n) is 16.0. The molecule has 3 aliphatic carbocycles. The molecule has 3 aromatic heterocycles. The molecule has 1 atom stereocenters. The number of hydrogen-bond acceptors (Lipinski definition) is 8. The fourth-order valence-electron chi connectivity index (χ4n) is 8.28. The Morgan fingerprint density at radius 2 is 1.96 bits per heavy atom. The van der Waals surface area contributed by atoms with Crippen molar-refractivity contribution in [1.82, 2.24) is 24.8 Å². The van der Waals surface area contributed by atoms with Crippen LogP contribution in [-0.4, -0.2) is 69.9 Å². The monoisotopic (exact) mass is 665 g/mol. The van der Waals surface area contributed by atoms with E-state index in [9.17, 15) is 23.2 Å². The van der Waals surface area contributed by atoms with Crippen molar-refractivity contribution in [3.8, 4) is 6.07 Å². The second-order valence-corrected chi connectivity index (χ2v) is 14.8. The lowest BCUT2D eigenvalue weighted by atomic mass is 9.33. The molecule has 4 aromatic rings. The predicted octanol–water partition coefficient (Wildman–Crippen LogP) is 5.94. The summed E-state index contributed by atoms with van der Waals surface area (Å²) in [6.45, 7) is 7.71. The first-order valence-corrected chi connectivity index (χ1v) is 16.8. The van der Waals surface area contributed by atoms with Crippen LogP contribution in [0.4, 0.5) is 19.0 Å². The molecular weight excluding hydrogens is 627 g/mol. The zero-order chi connectivity index (χ0) is 33.1. The van der Waals surface area contributed by atoms with E-state index >= 15 is 0 Å². The van der Waals surface area contributed by atoms with Crippen LogP contribution >= 0.6 is 11.3 Å². The average Bonchev–Trinajstić information content (AvgIpc) is 3.59. The Morgan fingerprint density at radius 1 is 1.19 bits per heavy atom. The van der Waals surface area contributed by atoms with Crippen LogP contribution in [0.15, 0.2) is 30.6 Å². The van der Waals surface area contributed by atoms with Crippen molar-refractivity contribution in [3.05, 3.63) is 52.3 Å². The summed E-state index contributed by atoms with van der Waals surface area (Å²) in [5.41, 5.74) is 4.08. The van der Waals surface area contributed by atoms with E-state index in [1.165, 1.54) is 24.6 Å². The van der Waals surface area contributed by atoms with Crippen LogP contribution in [0.5, 0.6) is 0 Å². The molecule has 0 spiro atoms. The van der Waals surface area contributed by atoms with Crippen molar-refractivity contribution in [2.24, 2.45) is 11.3 Å². The number of benzene rings is 1. The topological polar surface area (TPSA) is 108 Å². The molecule has 4 fully saturated rings. The van der Waals surface area contributed by atoms with Gasteiger partial charge in [0.1, 0.15) is 35.3 Å². The number of methoxy groups -OCH3 is 1. The van der Waals surface area contributed by atoms with Crippen LogP contribution in [0.3, 0.4) is 0 Å². The number of fused-ring (bicyclic) bond motifs is 2. The van der Waals surface area contributed by atoms with E-state index in [0.717, 1.165) is 74.1 Å². The van der Waals surface area contributed by atoms with Crippen LogP contribution in [0.1, 0.15) is 54.3 Å². The summed E-state index contributed by atoms with van der Waals surface area (Å²) in [6.07, 6.45) is -0.215. The highest BCUT2D eigenvalue weighted by Gasteiger charge is 2.74. The van der Waals surface area contributed by atoms with Gasteiger partial charge in [-0.1, -0.05) is 13.0 Å². The first-order chi connectivity index (χ1) is 22.4. The number of ether oxygens (including phenoxy) is 1. The number of likely N-dealkylation sites (tertiary alicyclic amines) is 1. The minimum absolute atomic E-state index is 0.0677. The maximum Gasteiger partial charge on any atom is 0.393 e. The lowest BCUT2D eigenvalue weighted by Crippen LogP contribution is -2.81. The van der Waals surface area contributed by atoms with Gasteiger partial charge in [0.05, 0.1) is 11.8 Å². The summed E-state index contributed by atoms with van der Waals surface area (Å²) in [6, 6.07) is 10.5. The first kappa shape index (κ1) is 31.8. The summed E-state index contributed by atoms with van der Waals surface area (Å²) >= 11 is 1.06. The van der Waals surface area contributed by atoms with Gasteiger partial charge in [-0.15, -0.1) is 11.3 Å². The normalized spacial score (nSPS) is 24.6.